The van der Waals surface area contributed by atoms with E-state index in [1.165, 1.54) is 4.90 Å². The molecule has 3 aliphatic heterocycles. The average molecular weight is 329 g/mol. The van der Waals surface area contributed by atoms with E-state index in [4.69, 9.17) is 16.3 Å². The standard InChI is InChI=1S/C15H21ClN2O4/c1-4-17-13(20)10-11(14(17)21)22-15(3)5-8(2)7-18(12(10)15)9(19)6-16/h8,10-12H,4-7H2,1-3H3/t8-,10-,11-,12-,15-/m0/s1. The van der Waals surface area contributed by atoms with Crippen LogP contribution >= 0.6 is 11.6 Å². The van der Waals surface area contributed by atoms with Gasteiger partial charge in [0.25, 0.3) is 5.91 Å². The van der Waals surface area contributed by atoms with Crippen LogP contribution in [0.3, 0.4) is 0 Å². The third-order valence-electron chi connectivity index (χ3n) is 5.10. The van der Waals surface area contributed by atoms with E-state index >= 15 is 0 Å². The van der Waals surface area contributed by atoms with Gasteiger partial charge in [-0.05, 0) is 26.2 Å². The van der Waals surface area contributed by atoms with Gasteiger partial charge in [0.2, 0.25) is 11.8 Å². The molecule has 6 nitrogen and oxygen atoms in total. The number of carbonyl (C=O) groups excluding carboxylic acids is 3. The Kier molecular flexibility index (Phi) is 3.72. The molecule has 3 aliphatic rings. The summed E-state index contributed by atoms with van der Waals surface area (Å²) < 4.78 is 6.04. The zero-order valence-electron chi connectivity index (χ0n) is 13.0. The van der Waals surface area contributed by atoms with Gasteiger partial charge >= 0.3 is 0 Å². The molecule has 3 fully saturated rings. The lowest BCUT2D eigenvalue weighted by Gasteiger charge is -2.47. The van der Waals surface area contributed by atoms with Gasteiger partial charge in [-0.25, -0.2) is 0 Å². The molecule has 22 heavy (non-hydrogen) atoms. The summed E-state index contributed by atoms with van der Waals surface area (Å²) in [6.45, 7) is 6.58. The molecular formula is C15H21ClN2O4. The van der Waals surface area contributed by atoms with Crippen molar-refractivity contribution in [1.29, 1.82) is 0 Å². The Bertz CT molecular complexity index is 540. The second-order valence-corrected chi connectivity index (χ2v) is 7.00. The molecule has 3 heterocycles. The van der Waals surface area contributed by atoms with E-state index in [1.807, 2.05) is 13.8 Å². The Hall–Kier alpha value is -1.14. The third kappa shape index (κ3) is 2.00. The Morgan fingerprint density at radius 2 is 2.09 bits per heavy atom. The van der Waals surface area contributed by atoms with Gasteiger partial charge in [-0.2, -0.15) is 0 Å². The van der Waals surface area contributed by atoms with Gasteiger partial charge in [-0.3, -0.25) is 19.3 Å². The van der Waals surface area contributed by atoms with E-state index in [1.54, 1.807) is 11.8 Å². The number of hydrogen-bond donors (Lipinski definition) is 0. The molecule has 3 rings (SSSR count). The van der Waals surface area contributed by atoms with Crippen LogP contribution in [0.4, 0.5) is 0 Å². The maximum absolute atomic E-state index is 12.6. The van der Waals surface area contributed by atoms with Crippen LogP contribution in [0, 0.1) is 11.8 Å². The maximum atomic E-state index is 12.6. The summed E-state index contributed by atoms with van der Waals surface area (Å²) in [5, 5.41) is 0. The molecule has 5 atom stereocenters. The first kappa shape index (κ1) is 15.7. The monoisotopic (exact) mass is 328 g/mol. The van der Waals surface area contributed by atoms with Gasteiger partial charge < -0.3 is 9.64 Å². The van der Waals surface area contributed by atoms with Gasteiger partial charge in [0, 0.05) is 13.1 Å². The number of likely N-dealkylation sites (N-methyl/N-ethyl adjacent to an activating group) is 1. The number of piperidine rings is 1. The predicted molar refractivity (Wildman–Crippen MR) is 79.2 cm³/mol. The number of ether oxygens (including phenoxy) is 1. The maximum Gasteiger partial charge on any atom is 0.259 e. The van der Waals surface area contributed by atoms with Gasteiger partial charge in [-0.15, -0.1) is 11.6 Å². The minimum Gasteiger partial charge on any atom is -0.359 e. The first-order valence-corrected chi connectivity index (χ1v) is 8.26. The number of imide groups is 1. The van der Waals surface area contributed by atoms with Gasteiger partial charge in [0.15, 0.2) is 6.10 Å². The van der Waals surface area contributed by atoms with Crippen LogP contribution in [0.5, 0.6) is 0 Å². The number of halogens is 1. The molecule has 0 saturated carbocycles. The topological polar surface area (TPSA) is 66.9 Å². The number of amides is 3. The quantitative estimate of drug-likeness (QED) is 0.550. The first-order chi connectivity index (χ1) is 10.3. The minimum absolute atomic E-state index is 0.129. The zero-order chi connectivity index (χ0) is 16.2. The summed E-state index contributed by atoms with van der Waals surface area (Å²) >= 11 is 5.74. The van der Waals surface area contributed by atoms with Crippen molar-refractivity contribution < 1.29 is 19.1 Å². The molecule has 122 valence electrons. The second-order valence-electron chi connectivity index (χ2n) is 6.73. The van der Waals surface area contributed by atoms with Crippen molar-refractivity contribution in [1.82, 2.24) is 9.80 Å². The number of carbonyl (C=O) groups is 3. The Morgan fingerprint density at radius 3 is 2.68 bits per heavy atom. The highest BCUT2D eigenvalue weighted by Gasteiger charge is 2.66. The number of rotatable bonds is 2. The van der Waals surface area contributed by atoms with Crippen molar-refractivity contribution in [2.24, 2.45) is 11.8 Å². The highest BCUT2D eigenvalue weighted by atomic mass is 35.5. The lowest BCUT2D eigenvalue weighted by atomic mass is 9.77. The smallest absolute Gasteiger partial charge is 0.259 e. The van der Waals surface area contributed by atoms with E-state index in [2.05, 4.69) is 0 Å². The molecule has 0 aromatic rings. The number of fused-ring (bicyclic) bond motifs is 3. The van der Waals surface area contributed by atoms with Crippen LogP contribution in [-0.2, 0) is 19.1 Å². The number of hydrogen-bond acceptors (Lipinski definition) is 4. The number of nitrogens with zero attached hydrogens (tertiary/aromatic N) is 2. The van der Waals surface area contributed by atoms with Crippen LogP contribution in [0.15, 0.2) is 0 Å². The van der Waals surface area contributed by atoms with E-state index in [0.29, 0.717) is 13.1 Å². The summed E-state index contributed by atoms with van der Waals surface area (Å²) in [6.07, 6.45) is -0.0398. The SMILES string of the molecule is CCN1C(=O)[C@H]2[C@H](O[C@@]3(C)C[C@H](C)CN(C(=O)CCl)[C@@H]23)C1=O. The van der Waals surface area contributed by atoms with Crippen molar-refractivity contribution in [2.75, 3.05) is 19.0 Å². The molecule has 3 amide bonds. The highest BCUT2D eigenvalue weighted by molar-refractivity contribution is 6.27. The summed E-state index contributed by atoms with van der Waals surface area (Å²) in [6, 6.07) is -0.409. The van der Waals surface area contributed by atoms with Crippen molar-refractivity contribution in [3.05, 3.63) is 0 Å². The normalized spacial score (nSPS) is 40.9. The van der Waals surface area contributed by atoms with Crippen LogP contribution < -0.4 is 0 Å². The zero-order valence-corrected chi connectivity index (χ0v) is 13.8. The Morgan fingerprint density at radius 1 is 1.41 bits per heavy atom. The fourth-order valence-corrected chi connectivity index (χ4v) is 4.59. The molecule has 0 bridgehead atoms. The van der Waals surface area contributed by atoms with E-state index < -0.39 is 23.7 Å². The van der Waals surface area contributed by atoms with Crippen LogP contribution in [0.1, 0.15) is 27.2 Å². The largest absolute Gasteiger partial charge is 0.359 e. The van der Waals surface area contributed by atoms with Gasteiger partial charge in [-0.1, -0.05) is 6.92 Å². The van der Waals surface area contributed by atoms with Crippen molar-refractivity contribution in [3.63, 3.8) is 0 Å². The summed E-state index contributed by atoms with van der Waals surface area (Å²) in [5.74, 6) is -1.20. The first-order valence-electron chi connectivity index (χ1n) is 7.72. The predicted octanol–water partition coefficient (Wildman–Crippen LogP) is 0.625. The van der Waals surface area contributed by atoms with Gasteiger partial charge in [0.1, 0.15) is 5.88 Å². The fourth-order valence-electron chi connectivity index (χ4n) is 4.43. The number of likely N-dealkylation sites (tertiary alicyclic amines) is 2. The molecular weight excluding hydrogens is 308 g/mol. The molecule has 3 saturated heterocycles. The fraction of sp³-hybridized carbons (Fsp3) is 0.800. The lowest BCUT2D eigenvalue weighted by molar-refractivity contribution is -0.157. The summed E-state index contributed by atoms with van der Waals surface area (Å²) in [5.41, 5.74) is -0.667. The molecule has 0 spiro atoms. The van der Waals surface area contributed by atoms with Crippen molar-refractivity contribution in [2.45, 2.75) is 44.9 Å². The molecule has 0 N–H and O–H groups in total. The van der Waals surface area contributed by atoms with E-state index in [0.717, 1.165) is 6.42 Å². The third-order valence-corrected chi connectivity index (χ3v) is 5.33. The lowest BCUT2D eigenvalue weighted by Crippen LogP contribution is -2.61. The molecule has 0 unspecified atom stereocenters. The van der Waals surface area contributed by atoms with Gasteiger partial charge in [0.05, 0.1) is 17.6 Å². The van der Waals surface area contributed by atoms with Crippen molar-refractivity contribution >= 4 is 29.3 Å². The summed E-state index contributed by atoms with van der Waals surface area (Å²) in [7, 11) is 0. The minimum atomic E-state index is -0.765. The van der Waals surface area contributed by atoms with E-state index in [-0.39, 0.29) is 29.5 Å². The molecule has 0 radical (unpaired) electrons. The van der Waals surface area contributed by atoms with Crippen LogP contribution in [0.2, 0.25) is 0 Å². The average Bonchev–Trinajstić information content (AvgIpc) is 2.88. The number of alkyl halides is 1. The molecule has 0 aliphatic carbocycles. The molecule has 0 aromatic carbocycles. The summed E-state index contributed by atoms with van der Waals surface area (Å²) in [4.78, 5) is 40.2. The van der Waals surface area contributed by atoms with Crippen LogP contribution in [-0.4, -0.2) is 64.2 Å². The Labute approximate surface area is 134 Å². The highest BCUT2D eigenvalue weighted by Crippen LogP contribution is 2.49. The molecule has 7 heteroatoms. The van der Waals surface area contributed by atoms with Crippen molar-refractivity contribution in [3.8, 4) is 0 Å². The van der Waals surface area contributed by atoms with Crippen LogP contribution in [0.25, 0.3) is 0 Å². The second kappa shape index (κ2) is 5.20. The Balaban J connectivity index is 2.01. The van der Waals surface area contributed by atoms with E-state index in [9.17, 15) is 14.4 Å². The molecule has 0 aromatic heterocycles.